The van der Waals surface area contributed by atoms with Crippen LogP contribution in [0.15, 0.2) is 11.6 Å². The molecule has 2 heterocycles. The van der Waals surface area contributed by atoms with E-state index in [0.29, 0.717) is 18.3 Å². The maximum Gasteiger partial charge on any atom is 0.247 e. The largest absolute Gasteiger partial charge is 0.294 e. The highest BCUT2D eigenvalue weighted by atomic mass is 16.2. The number of hydrogen-bond donors (Lipinski definition) is 1. The van der Waals surface area contributed by atoms with Crippen LogP contribution < -0.4 is 0 Å². The highest BCUT2D eigenvalue weighted by Gasteiger charge is 2.64. The third-order valence-corrected chi connectivity index (χ3v) is 5.53. The van der Waals surface area contributed by atoms with Crippen LogP contribution in [-0.2, 0) is 4.79 Å². The van der Waals surface area contributed by atoms with E-state index < -0.39 is 11.3 Å². The molecule has 0 aromatic rings. The zero-order valence-corrected chi connectivity index (χ0v) is 11.0. The number of carbonyl (C=O) groups is 1. The lowest BCUT2D eigenvalue weighted by Crippen LogP contribution is -2.44. The molecule has 2 bridgehead atoms. The molecular formula is C15H14N4O. The fourth-order valence-electron chi connectivity index (χ4n) is 4.47. The van der Waals surface area contributed by atoms with Gasteiger partial charge in [-0.15, -0.1) is 0 Å². The molecule has 2 aliphatic heterocycles. The third kappa shape index (κ3) is 1.08. The monoisotopic (exact) mass is 266 g/mol. The summed E-state index contributed by atoms with van der Waals surface area (Å²) in [5.74, 6) is -0.363. The maximum atomic E-state index is 12.6. The molecule has 0 unspecified atom stereocenters. The molecule has 5 heteroatoms. The number of allylic oxidation sites excluding steroid dienone is 1. The van der Waals surface area contributed by atoms with E-state index in [9.17, 15) is 15.3 Å². The van der Waals surface area contributed by atoms with Gasteiger partial charge in [0.1, 0.15) is 11.3 Å². The lowest BCUT2D eigenvalue weighted by atomic mass is 9.75. The predicted octanol–water partition coefficient (Wildman–Crippen LogP) is 1.58. The molecule has 4 aliphatic rings. The van der Waals surface area contributed by atoms with Crippen LogP contribution in [0.25, 0.3) is 0 Å². The van der Waals surface area contributed by atoms with Gasteiger partial charge >= 0.3 is 0 Å². The topological polar surface area (TPSA) is 91.7 Å². The van der Waals surface area contributed by atoms with Gasteiger partial charge in [0, 0.05) is 12.0 Å². The SMILES string of the molecule is N#C[C@@H]1C(=O)N2C(=N)[C@@]1(C#N)CC=C1[C@H]3[C@@H]1CCC[C@H]32. The van der Waals surface area contributed by atoms with Crippen LogP contribution in [0, 0.1) is 51.2 Å². The summed E-state index contributed by atoms with van der Waals surface area (Å²) in [6.45, 7) is 0. The van der Waals surface area contributed by atoms with Gasteiger partial charge in [0.25, 0.3) is 0 Å². The molecule has 2 saturated carbocycles. The van der Waals surface area contributed by atoms with E-state index >= 15 is 0 Å². The van der Waals surface area contributed by atoms with E-state index in [1.54, 1.807) is 0 Å². The Morgan fingerprint density at radius 2 is 2.20 bits per heavy atom. The molecule has 1 saturated heterocycles. The lowest BCUT2D eigenvalue weighted by Gasteiger charge is -2.32. The fourth-order valence-corrected chi connectivity index (χ4v) is 4.47. The third-order valence-electron chi connectivity index (χ3n) is 5.53. The number of rotatable bonds is 0. The second kappa shape index (κ2) is 3.49. The summed E-state index contributed by atoms with van der Waals surface area (Å²) in [7, 11) is 0. The Kier molecular flexibility index (Phi) is 2.04. The van der Waals surface area contributed by atoms with E-state index in [2.05, 4.69) is 6.07 Å². The number of carbonyl (C=O) groups excluding carboxylic acids is 1. The average molecular weight is 266 g/mol. The molecule has 5 atom stereocenters. The molecule has 0 radical (unpaired) electrons. The summed E-state index contributed by atoms with van der Waals surface area (Å²) in [6, 6.07) is 4.11. The highest BCUT2D eigenvalue weighted by molar-refractivity contribution is 6.12. The predicted molar refractivity (Wildman–Crippen MR) is 69.0 cm³/mol. The molecule has 100 valence electrons. The van der Waals surface area contributed by atoms with Crippen molar-refractivity contribution in [2.75, 3.05) is 0 Å². The second-order valence-electron chi connectivity index (χ2n) is 6.24. The molecule has 3 fully saturated rings. The number of hydrogen-bond acceptors (Lipinski definition) is 4. The van der Waals surface area contributed by atoms with E-state index in [-0.39, 0.29) is 17.8 Å². The van der Waals surface area contributed by atoms with Gasteiger partial charge in [0.15, 0.2) is 5.92 Å². The zero-order chi connectivity index (χ0) is 14.1. The molecule has 4 rings (SSSR count). The number of nitrogens with zero attached hydrogens (tertiary/aromatic N) is 3. The molecule has 1 amide bonds. The van der Waals surface area contributed by atoms with Crippen LogP contribution in [0.2, 0.25) is 0 Å². The minimum absolute atomic E-state index is 0.00590. The Morgan fingerprint density at radius 1 is 1.40 bits per heavy atom. The fraction of sp³-hybridized carbons (Fsp3) is 0.600. The molecule has 20 heavy (non-hydrogen) atoms. The van der Waals surface area contributed by atoms with Crippen LogP contribution in [-0.4, -0.2) is 22.7 Å². The van der Waals surface area contributed by atoms with Gasteiger partial charge in [-0.05, 0) is 25.2 Å². The summed E-state index contributed by atoms with van der Waals surface area (Å²) in [5.41, 5.74) is 0.0931. The lowest BCUT2D eigenvalue weighted by molar-refractivity contribution is -0.130. The van der Waals surface area contributed by atoms with Crippen molar-refractivity contribution >= 4 is 11.7 Å². The quantitative estimate of drug-likeness (QED) is 0.675. The van der Waals surface area contributed by atoms with E-state index in [1.165, 1.54) is 10.5 Å². The average Bonchev–Trinajstić information content (AvgIpc) is 3.10. The van der Waals surface area contributed by atoms with E-state index in [4.69, 9.17) is 5.41 Å². The standard InChI is InChI=1S/C15H14N4O/c16-6-10-13(20)19-11-3-1-2-8-9(12(8)11)4-5-15(10,7-17)14(19)18/h4,8,10-12,18H,1-3,5H2/t8-,10-,11-,12-,15-/m1/s1. The van der Waals surface area contributed by atoms with Gasteiger partial charge in [-0.3, -0.25) is 15.1 Å². The molecule has 5 nitrogen and oxygen atoms in total. The van der Waals surface area contributed by atoms with Crippen molar-refractivity contribution in [2.24, 2.45) is 23.2 Å². The van der Waals surface area contributed by atoms with Gasteiger partial charge in [-0.25, -0.2) is 0 Å². The van der Waals surface area contributed by atoms with Gasteiger partial charge in [0.2, 0.25) is 5.91 Å². The van der Waals surface area contributed by atoms with Crippen molar-refractivity contribution in [2.45, 2.75) is 31.7 Å². The first kappa shape index (κ1) is 11.7. The van der Waals surface area contributed by atoms with Crippen LogP contribution >= 0.6 is 0 Å². The Hall–Kier alpha value is -2.14. The van der Waals surface area contributed by atoms with E-state index in [0.717, 1.165) is 19.3 Å². The van der Waals surface area contributed by atoms with Crippen LogP contribution in [0.4, 0.5) is 0 Å². The van der Waals surface area contributed by atoms with Crippen LogP contribution in [0.1, 0.15) is 25.7 Å². The van der Waals surface area contributed by atoms with Crippen LogP contribution in [0.5, 0.6) is 0 Å². The first-order valence-corrected chi connectivity index (χ1v) is 7.08. The first-order valence-electron chi connectivity index (χ1n) is 7.08. The van der Waals surface area contributed by atoms with Crippen molar-refractivity contribution in [1.29, 1.82) is 15.9 Å². The molecular weight excluding hydrogens is 252 g/mol. The number of fused-ring (bicyclic) bond motifs is 4. The highest BCUT2D eigenvalue weighted by Crippen LogP contribution is 2.60. The molecule has 0 aromatic heterocycles. The smallest absolute Gasteiger partial charge is 0.247 e. The Morgan fingerprint density at radius 3 is 2.90 bits per heavy atom. The zero-order valence-electron chi connectivity index (χ0n) is 11.0. The van der Waals surface area contributed by atoms with Gasteiger partial charge in [0.05, 0.1) is 12.1 Å². The Bertz CT molecular complexity index is 652. The summed E-state index contributed by atoms with van der Waals surface area (Å²) >= 11 is 0. The second-order valence-corrected chi connectivity index (χ2v) is 6.24. The van der Waals surface area contributed by atoms with Crippen molar-refractivity contribution in [3.05, 3.63) is 11.6 Å². The normalized spacial score (nSPS) is 44.7. The summed E-state index contributed by atoms with van der Waals surface area (Å²) in [4.78, 5) is 14.0. The number of nitriles is 2. The van der Waals surface area contributed by atoms with Crippen LogP contribution in [0.3, 0.4) is 0 Å². The Balaban J connectivity index is 1.90. The molecule has 0 spiro atoms. The number of amides is 1. The summed E-state index contributed by atoms with van der Waals surface area (Å²) in [6.07, 6.45) is 5.47. The Labute approximate surface area is 117 Å². The van der Waals surface area contributed by atoms with Crippen molar-refractivity contribution < 1.29 is 4.79 Å². The van der Waals surface area contributed by atoms with Gasteiger partial charge < -0.3 is 0 Å². The van der Waals surface area contributed by atoms with E-state index in [1.807, 2.05) is 12.1 Å². The minimum atomic E-state index is -1.26. The summed E-state index contributed by atoms with van der Waals surface area (Å²) in [5, 5.41) is 27.2. The van der Waals surface area contributed by atoms with Gasteiger partial charge in [-0.1, -0.05) is 18.1 Å². The van der Waals surface area contributed by atoms with Crippen molar-refractivity contribution in [3.8, 4) is 12.1 Å². The van der Waals surface area contributed by atoms with Crippen molar-refractivity contribution in [3.63, 3.8) is 0 Å². The number of nitrogens with one attached hydrogen (secondary N) is 1. The molecule has 0 aromatic carbocycles. The molecule has 1 N–H and O–H groups in total. The number of amidine groups is 1. The van der Waals surface area contributed by atoms with Gasteiger partial charge in [-0.2, -0.15) is 10.5 Å². The summed E-state index contributed by atoms with van der Waals surface area (Å²) < 4.78 is 0. The first-order chi connectivity index (χ1) is 9.65. The minimum Gasteiger partial charge on any atom is -0.294 e. The van der Waals surface area contributed by atoms with Crippen molar-refractivity contribution in [1.82, 2.24) is 4.90 Å². The maximum absolute atomic E-state index is 12.6. The molecule has 2 aliphatic carbocycles.